The van der Waals surface area contributed by atoms with Gasteiger partial charge in [-0.25, -0.2) is 18.4 Å². The number of piperidine rings is 1. The van der Waals surface area contributed by atoms with Gasteiger partial charge in [-0.15, -0.1) is 0 Å². The molecule has 1 aliphatic heterocycles. The number of hydrogen-bond acceptors (Lipinski definition) is 6. The second-order valence-electron chi connectivity index (χ2n) is 5.66. The molecule has 2 aromatic rings. The average molecular weight is 363 g/mol. The van der Waals surface area contributed by atoms with Gasteiger partial charge in [0, 0.05) is 25.5 Å². The van der Waals surface area contributed by atoms with E-state index in [9.17, 15) is 8.42 Å². The van der Waals surface area contributed by atoms with E-state index in [0.29, 0.717) is 44.3 Å². The van der Waals surface area contributed by atoms with Gasteiger partial charge in [-0.1, -0.05) is 0 Å². The summed E-state index contributed by atoms with van der Waals surface area (Å²) in [5.74, 6) is 0.663. The van der Waals surface area contributed by atoms with E-state index in [1.54, 1.807) is 42.7 Å². The molecule has 0 spiro atoms. The lowest BCUT2D eigenvalue weighted by Gasteiger charge is -2.30. The first-order valence-corrected chi connectivity index (χ1v) is 9.70. The fraction of sp³-hybridized carbons (Fsp3) is 0.412. The van der Waals surface area contributed by atoms with Crippen molar-refractivity contribution in [3.63, 3.8) is 0 Å². The molecule has 1 aromatic heterocycles. The highest BCUT2D eigenvalue weighted by atomic mass is 32.2. The van der Waals surface area contributed by atoms with Gasteiger partial charge < -0.3 is 9.47 Å². The Balaban J connectivity index is 1.61. The molecule has 1 aromatic carbocycles. The Hall–Kier alpha value is -2.19. The van der Waals surface area contributed by atoms with Crippen LogP contribution in [0.4, 0.5) is 0 Å². The summed E-state index contributed by atoms with van der Waals surface area (Å²) in [6, 6.07) is 8.58. The second kappa shape index (κ2) is 7.79. The Bertz CT molecular complexity index is 773. The normalized spacial score (nSPS) is 16.5. The van der Waals surface area contributed by atoms with Gasteiger partial charge in [-0.2, -0.15) is 4.31 Å². The van der Waals surface area contributed by atoms with E-state index in [-0.39, 0.29) is 11.0 Å². The number of aromatic nitrogens is 2. The number of ether oxygens (including phenoxy) is 2. The molecular weight excluding hydrogens is 342 g/mol. The maximum Gasteiger partial charge on any atom is 0.316 e. The van der Waals surface area contributed by atoms with Crippen LogP contribution in [0, 0.1) is 0 Å². The van der Waals surface area contributed by atoms with Crippen molar-refractivity contribution in [3.8, 4) is 11.8 Å². The van der Waals surface area contributed by atoms with Gasteiger partial charge in [-0.05, 0) is 50.1 Å². The van der Waals surface area contributed by atoms with E-state index in [2.05, 4.69) is 9.97 Å². The van der Waals surface area contributed by atoms with Gasteiger partial charge in [-0.3, -0.25) is 0 Å². The van der Waals surface area contributed by atoms with E-state index in [0.717, 1.165) is 0 Å². The number of rotatable bonds is 6. The maximum atomic E-state index is 12.7. The molecule has 8 heteroatoms. The molecule has 0 N–H and O–H groups in total. The predicted molar refractivity (Wildman–Crippen MR) is 92.1 cm³/mol. The first-order chi connectivity index (χ1) is 12.1. The number of nitrogens with zero attached hydrogens (tertiary/aromatic N) is 3. The zero-order valence-corrected chi connectivity index (χ0v) is 14.9. The number of benzene rings is 1. The maximum absolute atomic E-state index is 12.7. The van der Waals surface area contributed by atoms with Crippen LogP contribution in [0.2, 0.25) is 0 Å². The smallest absolute Gasteiger partial charge is 0.316 e. The summed E-state index contributed by atoms with van der Waals surface area (Å²) in [7, 11) is -3.50. The summed E-state index contributed by atoms with van der Waals surface area (Å²) < 4.78 is 38.0. The molecule has 3 rings (SSSR count). The zero-order valence-electron chi connectivity index (χ0n) is 14.0. The van der Waals surface area contributed by atoms with Crippen LogP contribution in [0.1, 0.15) is 19.8 Å². The first-order valence-electron chi connectivity index (χ1n) is 8.26. The molecule has 0 radical (unpaired) electrons. The molecule has 0 atom stereocenters. The van der Waals surface area contributed by atoms with Crippen LogP contribution in [-0.2, 0) is 10.0 Å². The first kappa shape index (κ1) is 17.6. The Morgan fingerprint density at radius 3 is 2.36 bits per heavy atom. The van der Waals surface area contributed by atoms with Crippen molar-refractivity contribution in [2.75, 3.05) is 19.7 Å². The largest absolute Gasteiger partial charge is 0.494 e. The number of sulfonamides is 1. The van der Waals surface area contributed by atoms with Crippen molar-refractivity contribution in [1.29, 1.82) is 0 Å². The molecular formula is C17H21N3O4S. The van der Waals surface area contributed by atoms with Gasteiger partial charge in [0.15, 0.2) is 0 Å². The van der Waals surface area contributed by atoms with Gasteiger partial charge in [0.05, 0.1) is 11.5 Å². The highest BCUT2D eigenvalue weighted by Gasteiger charge is 2.30. The SMILES string of the molecule is CCOc1ccc(S(=O)(=O)N2CCC(Oc3ncccn3)CC2)cc1. The molecule has 0 aliphatic carbocycles. The van der Waals surface area contributed by atoms with Gasteiger partial charge in [0.25, 0.3) is 0 Å². The summed E-state index contributed by atoms with van der Waals surface area (Å²) in [5.41, 5.74) is 0. The summed E-state index contributed by atoms with van der Waals surface area (Å²) in [5, 5.41) is 0. The second-order valence-corrected chi connectivity index (χ2v) is 7.60. The Kier molecular flexibility index (Phi) is 5.50. The number of hydrogen-bond donors (Lipinski definition) is 0. The molecule has 7 nitrogen and oxygen atoms in total. The van der Waals surface area contributed by atoms with E-state index in [1.165, 1.54) is 4.31 Å². The van der Waals surface area contributed by atoms with E-state index in [1.807, 2.05) is 6.92 Å². The van der Waals surface area contributed by atoms with E-state index >= 15 is 0 Å². The predicted octanol–water partition coefficient (Wildman–Crippen LogP) is 2.11. The molecule has 0 amide bonds. The van der Waals surface area contributed by atoms with Crippen LogP contribution in [0.15, 0.2) is 47.6 Å². The van der Waals surface area contributed by atoms with Gasteiger partial charge in [0.2, 0.25) is 10.0 Å². The van der Waals surface area contributed by atoms with Crippen LogP contribution in [0.3, 0.4) is 0 Å². The Labute approximate surface area is 147 Å². The van der Waals surface area contributed by atoms with Crippen LogP contribution in [0.5, 0.6) is 11.8 Å². The lowest BCUT2D eigenvalue weighted by atomic mass is 10.1. The lowest BCUT2D eigenvalue weighted by Crippen LogP contribution is -2.41. The fourth-order valence-corrected chi connectivity index (χ4v) is 4.18. The minimum atomic E-state index is -3.50. The molecule has 1 fully saturated rings. The average Bonchev–Trinajstić information content (AvgIpc) is 2.64. The highest BCUT2D eigenvalue weighted by molar-refractivity contribution is 7.89. The quantitative estimate of drug-likeness (QED) is 0.782. The van der Waals surface area contributed by atoms with Crippen molar-refractivity contribution in [1.82, 2.24) is 14.3 Å². The minimum absolute atomic E-state index is 0.0748. The molecule has 2 heterocycles. The molecule has 134 valence electrons. The Morgan fingerprint density at radius 2 is 1.76 bits per heavy atom. The standard InChI is InChI=1S/C17H21N3O4S/c1-2-23-14-4-6-16(7-5-14)25(21,22)20-12-8-15(9-13-20)24-17-18-10-3-11-19-17/h3-7,10-11,15H,2,8-9,12-13H2,1H3. The van der Waals surface area contributed by atoms with Crippen LogP contribution >= 0.6 is 0 Å². The highest BCUT2D eigenvalue weighted by Crippen LogP contribution is 2.24. The van der Waals surface area contributed by atoms with Crippen LogP contribution in [-0.4, -0.2) is 48.5 Å². The summed E-state index contributed by atoms with van der Waals surface area (Å²) >= 11 is 0. The van der Waals surface area contributed by atoms with Crippen molar-refractivity contribution in [2.24, 2.45) is 0 Å². The van der Waals surface area contributed by atoms with Crippen molar-refractivity contribution in [3.05, 3.63) is 42.7 Å². The summed E-state index contributed by atoms with van der Waals surface area (Å²) in [6.07, 6.45) is 4.37. The van der Waals surface area contributed by atoms with Gasteiger partial charge in [0.1, 0.15) is 11.9 Å². The lowest BCUT2D eigenvalue weighted by molar-refractivity contribution is 0.124. The topological polar surface area (TPSA) is 81.6 Å². The monoisotopic (exact) mass is 363 g/mol. The van der Waals surface area contributed by atoms with Crippen LogP contribution < -0.4 is 9.47 Å². The third-order valence-corrected chi connectivity index (χ3v) is 5.90. The van der Waals surface area contributed by atoms with Crippen molar-refractivity contribution >= 4 is 10.0 Å². The van der Waals surface area contributed by atoms with Crippen LogP contribution in [0.25, 0.3) is 0 Å². The van der Waals surface area contributed by atoms with E-state index < -0.39 is 10.0 Å². The molecule has 0 saturated carbocycles. The van der Waals surface area contributed by atoms with Crippen molar-refractivity contribution < 1.29 is 17.9 Å². The minimum Gasteiger partial charge on any atom is -0.494 e. The third-order valence-electron chi connectivity index (χ3n) is 3.99. The Morgan fingerprint density at radius 1 is 1.12 bits per heavy atom. The van der Waals surface area contributed by atoms with Crippen molar-refractivity contribution in [2.45, 2.75) is 30.8 Å². The van der Waals surface area contributed by atoms with Gasteiger partial charge >= 0.3 is 6.01 Å². The third kappa shape index (κ3) is 4.26. The molecule has 1 aliphatic rings. The molecule has 0 bridgehead atoms. The molecule has 25 heavy (non-hydrogen) atoms. The van der Waals surface area contributed by atoms with E-state index in [4.69, 9.17) is 9.47 Å². The molecule has 1 saturated heterocycles. The molecule has 0 unspecified atom stereocenters. The zero-order chi connectivity index (χ0) is 17.7. The summed E-state index contributed by atoms with van der Waals surface area (Å²) in [6.45, 7) is 3.25. The summed E-state index contributed by atoms with van der Waals surface area (Å²) in [4.78, 5) is 8.35. The fourth-order valence-electron chi connectivity index (χ4n) is 2.71.